The second-order valence-electron chi connectivity index (χ2n) is 27.1. The first-order valence-electron chi connectivity index (χ1n) is 39.1. The van der Waals surface area contributed by atoms with E-state index in [0.717, 1.165) is 77.0 Å². The fourth-order valence-electron chi connectivity index (χ4n) is 12.3. The summed E-state index contributed by atoms with van der Waals surface area (Å²) < 4.78 is 22.9. The lowest BCUT2D eigenvalue weighted by atomic mass is 9.97. The SMILES string of the molecule is CC/C=C\C/C=C\C/C=C\C/C=C\C/C=C\C/C=C\C/C=C\CCCCCCCCCCCCCCCCCCCCCC(=O)NC(COC1OC(CO)C(OC2OC(CO)C(O)C(O)C2O)C(O)C1O)C(O)/C=C/CC/C=C/CCCCCCCCCCCCCCCCC. The van der Waals surface area contributed by atoms with Crippen LogP contribution in [0.1, 0.15) is 309 Å². The topological polar surface area (TPSA) is 228 Å². The first kappa shape index (κ1) is 88.7. The lowest BCUT2D eigenvalue weighted by molar-refractivity contribution is -0.359. The number of amides is 1. The van der Waals surface area contributed by atoms with E-state index in [1.54, 1.807) is 6.08 Å². The molecule has 554 valence electrons. The Balaban J connectivity index is 1.59. The Labute approximate surface area is 585 Å². The minimum Gasteiger partial charge on any atom is -0.394 e. The minimum absolute atomic E-state index is 0.247. The molecule has 0 aliphatic carbocycles. The monoisotopic (exact) mass is 1350 g/mol. The van der Waals surface area contributed by atoms with Crippen LogP contribution in [0.15, 0.2) is 109 Å². The molecule has 14 nitrogen and oxygen atoms in total. The predicted molar refractivity (Wildman–Crippen MR) is 396 cm³/mol. The zero-order chi connectivity index (χ0) is 69.4. The number of hydrogen-bond donors (Lipinski definition) is 9. The van der Waals surface area contributed by atoms with E-state index in [-0.39, 0.29) is 18.9 Å². The van der Waals surface area contributed by atoms with Gasteiger partial charge in [-0.3, -0.25) is 4.79 Å². The highest BCUT2D eigenvalue weighted by atomic mass is 16.7. The van der Waals surface area contributed by atoms with Crippen LogP contribution in [-0.2, 0) is 23.7 Å². The Hall–Kier alpha value is -3.35. The molecular formula is C82H143NO13. The maximum Gasteiger partial charge on any atom is 0.220 e. The van der Waals surface area contributed by atoms with Gasteiger partial charge in [0.2, 0.25) is 5.91 Å². The zero-order valence-corrected chi connectivity index (χ0v) is 60.6. The Morgan fingerprint density at radius 3 is 1.15 bits per heavy atom. The molecule has 2 fully saturated rings. The molecule has 14 heteroatoms. The van der Waals surface area contributed by atoms with E-state index in [2.05, 4.69) is 116 Å². The smallest absolute Gasteiger partial charge is 0.220 e. The fraction of sp³-hybridized carbons (Fsp3) is 0.768. The molecule has 2 saturated heterocycles. The van der Waals surface area contributed by atoms with Gasteiger partial charge >= 0.3 is 0 Å². The van der Waals surface area contributed by atoms with Crippen molar-refractivity contribution in [1.82, 2.24) is 5.32 Å². The Kier molecular flexibility index (Phi) is 60.1. The third kappa shape index (κ3) is 47.7. The van der Waals surface area contributed by atoms with Gasteiger partial charge in [0.15, 0.2) is 12.6 Å². The van der Waals surface area contributed by atoms with Gasteiger partial charge in [-0.1, -0.05) is 322 Å². The van der Waals surface area contributed by atoms with Gasteiger partial charge in [-0.05, 0) is 89.9 Å². The normalized spacial score (nSPS) is 22.9. The number of aliphatic hydroxyl groups is 8. The summed E-state index contributed by atoms with van der Waals surface area (Å²) in [5.41, 5.74) is 0. The van der Waals surface area contributed by atoms with Crippen molar-refractivity contribution in [3.63, 3.8) is 0 Å². The van der Waals surface area contributed by atoms with E-state index in [1.807, 2.05) is 6.08 Å². The van der Waals surface area contributed by atoms with Crippen LogP contribution in [0.5, 0.6) is 0 Å². The summed E-state index contributed by atoms with van der Waals surface area (Å²) in [5.74, 6) is -0.247. The standard InChI is InChI=1S/C82H143NO13/c1-3-5-7-9-11-13-15-17-19-21-23-25-26-27-28-29-30-31-32-33-34-35-36-37-38-39-40-41-42-43-44-46-48-50-52-54-56-58-60-62-64-66-74(87)83-70(71(86)65-63-61-59-57-55-53-51-49-47-45-24-22-20-18-16-14-12-10-8-6-4-2)69-93-81-79(92)77(90)80(73(68-85)95-81)96-82-78(91)76(89)75(88)72(67-84)94-82/h5,7,11,13,17,19,23,25,27-28,30-31,33-34,55,57,63,65,70-73,75-82,84-86,88-92H,3-4,6,8-10,12,14-16,18,20-22,24,26,29,32,35-54,56,58-62,64,66-69H2,1-2H3,(H,83,87)/b7-5-,13-11-,19-17-,25-23-,28-27-,31-30-,34-33-,57-55+,65-63+. The summed E-state index contributed by atoms with van der Waals surface area (Å²) in [5, 5.41) is 87.5. The van der Waals surface area contributed by atoms with Crippen molar-refractivity contribution < 1.29 is 64.6 Å². The molecule has 2 heterocycles. The molecule has 12 unspecified atom stereocenters. The molecule has 0 bridgehead atoms. The summed E-state index contributed by atoms with van der Waals surface area (Å²) in [6.45, 7) is 2.70. The van der Waals surface area contributed by atoms with Crippen molar-refractivity contribution in [3.05, 3.63) is 109 Å². The number of allylic oxidation sites excluding steroid dienone is 17. The van der Waals surface area contributed by atoms with Crippen LogP contribution in [0.4, 0.5) is 0 Å². The van der Waals surface area contributed by atoms with Gasteiger partial charge < -0.3 is 65.1 Å². The van der Waals surface area contributed by atoms with Crippen LogP contribution in [0.25, 0.3) is 0 Å². The van der Waals surface area contributed by atoms with Crippen molar-refractivity contribution >= 4 is 5.91 Å². The Morgan fingerprint density at radius 2 is 0.729 bits per heavy atom. The Morgan fingerprint density at radius 1 is 0.385 bits per heavy atom. The van der Waals surface area contributed by atoms with Crippen LogP contribution in [-0.4, -0.2) is 140 Å². The molecule has 12 atom stereocenters. The van der Waals surface area contributed by atoms with E-state index in [4.69, 9.17) is 18.9 Å². The van der Waals surface area contributed by atoms with Crippen molar-refractivity contribution in [2.45, 2.75) is 383 Å². The molecule has 0 aromatic carbocycles. The van der Waals surface area contributed by atoms with E-state index < -0.39 is 86.8 Å². The highest BCUT2D eigenvalue weighted by Crippen LogP contribution is 2.30. The summed E-state index contributed by atoms with van der Waals surface area (Å²) >= 11 is 0. The highest BCUT2D eigenvalue weighted by molar-refractivity contribution is 5.76. The first-order valence-corrected chi connectivity index (χ1v) is 39.1. The van der Waals surface area contributed by atoms with Gasteiger partial charge in [-0.15, -0.1) is 0 Å². The first-order chi connectivity index (χ1) is 47.1. The van der Waals surface area contributed by atoms with E-state index in [1.165, 1.54) is 199 Å². The molecule has 2 aliphatic heterocycles. The molecule has 2 aliphatic rings. The summed E-state index contributed by atoms with van der Waals surface area (Å²) in [6, 6.07) is -0.937. The van der Waals surface area contributed by atoms with Gasteiger partial charge in [-0.2, -0.15) is 0 Å². The van der Waals surface area contributed by atoms with Crippen molar-refractivity contribution in [1.29, 1.82) is 0 Å². The maximum atomic E-state index is 13.4. The zero-order valence-electron chi connectivity index (χ0n) is 60.6. The average molecular weight is 1350 g/mol. The van der Waals surface area contributed by atoms with E-state index in [0.29, 0.717) is 12.8 Å². The molecule has 0 aromatic heterocycles. The third-order valence-corrected chi connectivity index (χ3v) is 18.4. The van der Waals surface area contributed by atoms with Crippen LogP contribution >= 0.6 is 0 Å². The summed E-state index contributed by atoms with van der Waals surface area (Å²) in [7, 11) is 0. The summed E-state index contributed by atoms with van der Waals surface area (Å²) in [4.78, 5) is 13.4. The second-order valence-corrected chi connectivity index (χ2v) is 27.1. The number of nitrogens with one attached hydrogen (secondary N) is 1. The number of unbranched alkanes of at least 4 members (excludes halogenated alkanes) is 35. The van der Waals surface area contributed by atoms with Crippen LogP contribution < -0.4 is 5.32 Å². The van der Waals surface area contributed by atoms with Gasteiger partial charge in [0, 0.05) is 6.42 Å². The average Bonchev–Trinajstić information content (AvgIpc) is 0.807. The molecule has 96 heavy (non-hydrogen) atoms. The van der Waals surface area contributed by atoms with Gasteiger partial charge in [0.1, 0.15) is 48.8 Å². The van der Waals surface area contributed by atoms with E-state index in [9.17, 15) is 45.6 Å². The maximum absolute atomic E-state index is 13.4. The molecule has 0 aromatic rings. The van der Waals surface area contributed by atoms with Gasteiger partial charge in [0.05, 0.1) is 32.0 Å². The number of aliphatic hydroxyl groups excluding tert-OH is 8. The summed E-state index contributed by atoms with van der Waals surface area (Å²) in [6.07, 6.45) is 77.4. The molecule has 0 saturated carbocycles. The molecule has 0 spiro atoms. The van der Waals surface area contributed by atoms with Crippen molar-refractivity contribution in [2.75, 3.05) is 19.8 Å². The van der Waals surface area contributed by atoms with Crippen molar-refractivity contribution in [2.24, 2.45) is 0 Å². The van der Waals surface area contributed by atoms with Crippen molar-refractivity contribution in [3.8, 4) is 0 Å². The minimum atomic E-state index is -1.79. The van der Waals surface area contributed by atoms with Crippen LogP contribution in [0, 0.1) is 0 Å². The molecule has 2 rings (SSSR count). The van der Waals surface area contributed by atoms with Gasteiger partial charge in [0.25, 0.3) is 0 Å². The Bertz CT molecular complexity index is 2030. The molecule has 1 amide bonds. The molecule has 9 N–H and O–H groups in total. The van der Waals surface area contributed by atoms with Crippen LogP contribution in [0.3, 0.4) is 0 Å². The number of carbonyl (C=O) groups excluding carboxylic acids is 1. The third-order valence-electron chi connectivity index (χ3n) is 18.4. The van der Waals surface area contributed by atoms with E-state index >= 15 is 0 Å². The lowest BCUT2D eigenvalue weighted by Gasteiger charge is -2.46. The van der Waals surface area contributed by atoms with Gasteiger partial charge in [-0.25, -0.2) is 0 Å². The quantitative estimate of drug-likeness (QED) is 0.0204. The number of ether oxygens (including phenoxy) is 4. The predicted octanol–water partition coefficient (Wildman–Crippen LogP) is 17.5. The number of carbonyl (C=O) groups is 1. The lowest BCUT2D eigenvalue weighted by Crippen LogP contribution is -2.65. The number of rotatable bonds is 64. The number of hydrogen-bond acceptors (Lipinski definition) is 13. The van der Waals surface area contributed by atoms with Crippen LogP contribution in [0.2, 0.25) is 0 Å². The second kappa shape index (κ2) is 65.0. The fourth-order valence-corrected chi connectivity index (χ4v) is 12.3. The molecular weight excluding hydrogens is 1210 g/mol. The highest BCUT2D eigenvalue weighted by Gasteiger charge is 2.51. The molecule has 0 radical (unpaired) electrons. The largest absolute Gasteiger partial charge is 0.394 e.